The fraction of sp³-hybridized carbons (Fsp3) is 0.375. The monoisotopic (exact) mass is 351 g/mol. The van der Waals surface area contributed by atoms with Crippen LogP contribution in [0.15, 0.2) is 40.4 Å². The molecule has 0 atom stereocenters. The number of rotatable bonds is 4. The minimum atomic E-state index is -0.0128. The minimum absolute atomic E-state index is 0.0128. The van der Waals surface area contributed by atoms with E-state index in [1.54, 1.807) is 10.8 Å². The van der Waals surface area contributed by atoms with Crippen LogP contribution in [-0.2, 0) is 11.3 Å². The molecule has 1 fully saturated rings. The van der Waals surface area contributed by atoms with E-state index >= 15 is 0 Å². The van der Waals surface area contributed by atoms with Gasteiger partial charge in [0.2, 0.25) is 0 Å². The second-order valence-corrected chi connectivity index (χ2v) is 6.46. The first-order valence-corrected chi connectivity index (χ1v) is 9.00. The molecule has 3 rings (SSSR count). The molecule has 0 amide bonds. The van der Waals surface area contributed by atoms with E-state index in [1.165, 1.54) is 11.8 Å². The maximum absolute atomic E-state index is 12.9. The molecule has 1 aliphatic heterocycles. The van der Waals surface area contributed by atoms with Crippen LogP contribution in [0.2, 0.25) is 5.02 Å². The van der Waals surface area contributed by atoms with Crippen LogP contribution in [0.1, 0.15) is 5.56 Å². The third kappa shape index (κ3) is 3.71. The average molecular weight is 352 g/mol. The van der Waals surface area contributed by atoms with E-state index in [2.05, 4.69) is 4.98 Å². The SMILES string of the molecule is CSc1ncc(N2CCOCC2)c(=O)n1Cc1ccc(Cl)cc1. The summed E-state index contributed by atoms with van der Waals surface area (Å²) in [5.74, 6) is 0. The number of benzene rings is 1. The smallest absolute Gasteiger partial charge is 0.278 e. The molecule has 2 heterocycles. The number of hydrogen-bond donors (Lipinski definition) is 0. The quantitative estimate of drug-likeness (QED) is 0.625. The third-order valence-corrected chi connectivity index (χ3v) is 4.72. The van der Waals surface area contributed by atoms with Crippen LogP contribution in [0.5, 0.6) is 0 Å². The largest absolute Gasteiger partial charge is 0.378 e. The predicted octanol–water partition coefficient (Wildman–Crippen LogP) is 2.50. The van der Waals surface area contributed by atoms with Gasteiger partial charge in [-0.3, -0.25) is 9.36 Å². The number of nitrogens with zero attached hydrogens (tertiary/aromatic N) is 3. The van der Waals surface area contributed by atoms with Gasteiger partial charge in [-0.2, -0.15) is 0 Å². The number of anilines is 1. The molecule has 122 valence electrons. The molecular formula is C16H18ClN3O2S. The van der Waals surface area contributed by atoms with E-state index in [9.17, 15) is 4.79 Å². The maximum atomic E-state index is 12.9. The van der Waals surface area contributed by atoms with Gasteiger partial charge < -0.3 is 9.64 Å². The Balaban J connectivity index is 1.96. The zero-order valence-electron chi connectivity index (χ0n) is 12.9. The van der Waals surface area contributed by atoms with Crippen LogP contribution in [0.25, 0.3) is 0 Å². The van der Waals surface area contributed by atoms with Crippen molar-refractivity contribution in [3.8, 4) is 0 Å². The van der Waals surface area contributed by atoms with Crippen LogP contribution in [0.4, 0.5) is 5.69 Å². The first-order chi connectivity index (χ1) is 11.2. The summed E-state index contributed by atoms with van der Waals surface area (Å²) in [6.45, 7) is 3.20. The molecule has 0 saturated carbocycles. The van der Waals surface area contributed by atoms with E-state index in [0.29, 0.717) is 35.6 Å². The summed E-state index contributed by atoms with van der Waals surface area (Å²) in [7, 11) is 0. The van der Waals surface area contributed by atoms with Crippen LogP contribution < -0.4 is 10.5 Å². The molecule has 0 N–H and O–H groups in total. The lowest BCUT2D eigenvalue weighted by Gasteiger charge is -2.28. The molecule has 2 aromatic rings. The van der Waals surface area contributed by atoms with Crippen molar-refractivity contribution in [2.45, 2.75) is 11.7 Å². The highest BCUT2D eigenvalue weighted by molar-refractivity contribution is 7.98. The summed E-state index contributed by atoms with van der Waals surface area (Å²) in [4.78, 5) is 19.4. The van der Waals surface area contributed by atoms with Gasteiger partial charge in [0.1, 0.15) is 5.69 Å². The summed E-state index contributed by atoms with van der Waals surface area (Å²) in [6.07, 6.45) is 3.60. The maximum Gasteiger partial charge on any atom is 0.278 e. The van der Waals surface area contributed by atoms with Crippen molar-refractivity contribution >= 4 is 29.1 Å². The van der Waals surface area contributed by atoms with Crippen molar-refractivity contribution in [1.82, 2.24) is 9.55 Å². The van der Waals surface area contributed by atoms with Gasteiger partial charge in [-0.15, -0.1) is 0 Å². The van der Waals surface area contributed by atoms with Crippen molar-refractivity contribution < 1.29 is 4.74 Å². The summed E-state index contributed by atoms with van der Waals surface area (Å²) in [6, 6.07) is 7.53. The normalized spacial score (nSPS) is 15.0. The van der Waals surface area contributed by atoms with Gasteiger partial charge in [0, 0.05) is 18.1 Å². The molecule has 0 spiro atoms. The Morgan fingerprint density at radius 3 is 2.61 bits per heavy atom. The van der Waals surface area contributed by atoms with Crippen molar-refractivity contribution in [3.05, 3.63) is 51.4 Å². The van der Waals surface area contributed by atoms with Crippen LogP contribution >= 0.6 is 23.4 Å². The number of aromatic nitrogens is 2. The first kappa shape index (κ1) is 16.4. The Morgan fingerprint density at radius 2 is 1.96 bits per heavy atom. The van der Waals surface area contributed by atoms with Gasteiger partial charge >= 0.3 is 0 Å². The lowest BCUT2D eigenvalue weighted by Crippen LogP contribution is -2.41. The summed E-state index contributed by atoms with van der Waals surface area (Å²) < 4.78 is 7.08. The van der Waals surface area contributed by atoms with E-state index in [-0.39, 0.29) is 5.56 Å². The number of thioether (sulfide) groups is 1. The number of ether oxygens (including phenoxy) is 1. The molecule has 1 aromatic heterocycles. The topological polar surface area (TPSA) is 47.4 Å². The van der Waals surface area contributed by atoms with E-state index in [4.69, 9.17) is 16.3 Å². The average Bonchev–Trinajstić information content (AvgIpc) is 2.59. The second-order valence-electron chi connectivity index (χ2n) is 5.25. The molecule has 5 nitrogen and oxygen atoms in total. The molecule has 1 aliphatic rings. The van der Waals surface area contributed by atoms with E-state index in [0.717, 1.165) is 18.7 Å². The number of morpholine rings is 1. The molecule has 0 radical (unpaired) electrons. The van der Waals surface area contributed by atoms with Crippen LogP contribution in [0.3, 0.4) is 0 Å². The molecule has 0 aliphatic carbocycles. The van der Waals surface area contributed by atoms with Gasteiger partial charge in [-0.1, -0.05) is 35.5 Å². The van der Waals surface area contributed by atoms with E-state index < -0.39 is 0 Å². The van der Waals surface area contributed by atoms with Crippen molar-refractivity contribution in [1.29, 1.82) is 0 Å². The Labute approximate surface area is 144 Å². The molecule has 1 saturated heterocycles. The predicted molar refractivity (Wildman–Crippen MR) is 93.9 cm³/mol. The molecule has 7 heteroatoms. The number of hydrogen-bond acceptors (Lipinski definition) is 5. The standard InChI is InChI=1S/C16H18ClN3O2S/c1-23-16-18-10-14(19-6-8-22-9-7-19)15(21)20(16)11-12-2-4-13(17)5-3-12/h2-5,10H,6-9,11H2,1H3. The van der Waals surface area contributed by atoms with Gasteiger partial charge in [-0.25, -0.2) is 4.98 Å². The Hall–Kier alpha value is -1.50. The van der Waals surface area contributed by atoms with Crippen LogP contribution in [-0.4, -0.2) is 42.1 Å². The molecule has 1 aromatic carbocycles. The second kappa shape index (κ2) is 7.38. The Morgan fingerprint density at radius 1 is 1.26 bits per heavy atom. The highest BCUT2D eigenvalue weighted by Crippen LogP contribution is 2.17. The Bertz CT molecular complexity index is 727. The summed E-state index contributed by atoms with van der Waals surface area (Å²) >= 11 is 7.40. The minimum Gasteiger partial charge on any atom is -0.378 e. The zero-order valence-corrected chi connectivity index (χ0v) is 14.4. The molecule has 23 heavy (non-hydrogen) atoms. The van der Waals surface area contributed by atoms with Gasteiger partial charge in [0.25, 0.3) is 5.56 Å². The van der Waals surface area contributed by atoms with Gasteiger partial charge in [0.05, 0.1) is 26.0 Å². The Kier molecular flexibility index (Phi) is 5.25. The first-order valence-electron chi connectivity index (χ1n) is 7.40. The van der Waals surface area contributed by atoms with Crippen molar-refractivity contribution in [2.75, 3.05) is 37.5 Å². The zero-order chi connectivity index (χ0) is 16.2. The molecular weight excluding hydrogens is 334 g/mol. The van der Waals surface area contributed by atoms with Crippen molar-refractivity contribution in [2.24, 2.45) is 0 Å². The molecule has 0 unspecified atom stereocenters. The van der Waals surface area contributed by atoms with Gasteiger partial charge in [-0.05, 0) is 24.0 Å². The van der Waals surface area contributed by atoms with Crippen molar-refractivity contribution in [3.63, 3.8) is 0 Å². The highest BCUT2D eigenvalue weighted by Gasteiger charge is 2.18. The third-order valence-electron chi connectivity index (χ3n) is 3.78. The lowest BCUT2D eigenvalue weighted by molar-refractivity contribution is 0.122. The fourth-order valence-electron chi connectivity index (χ4n) is 2.56. The van der Waals surface area contributed by atoms with E-state index in [1.807, 2.05) is 35.4 Å². The fourth-order valence-corrected chi connectivity index (χ4v) is 3.21. The summed E-state index contributed by atoms with van der Waals surface area (Å²) in [5, 5.41) is 1.40. The lowest BCUT2D eigenvalue weighted by atomic mass is 10.2. The van der Waals surface area contributed by atoms with Gasteiger partial charge in [0.15, 0.2) is 5.16 Å². The van der Waals surface area contributed by atoms with Crippen LogP contribution in [0, 0.1) is 0 Å². The summed E-state index contributed by atoms with van der Waals surface area (Å²) in [5.41, 5.74) is 1.65. The molecule has 0 bridgehead atoms. The number of halogens is 1. The highest BCUT2D eigenvalue weighted by atomic mass is 35.5.